The first-order chi connectivity index (χ1) is 8.87. The van der Waals surface area contributed by atoms with Crippen LogP contribution in [0.15, 0.2) is 28.7 Å². The van der Waals surface area contributed by atoms with Gasteiger partial charge >= 0.3 is 0 Å². The van der Waals surface area contributed by atoms with E-state index in [4.69, 9.17) is 4.74 Å². The maximum absolute atomic E-state index is 5.88. The van der Waals surface area contributed by atoms with E-state index in [0.29, 0.717) is 5.41 Å². The molecule has 1 heterocycles. The van der Waals surface area contributed by atoms with E-state index in [1.807, 2.05) is 30.6 Å². The number of halogens is 1. The van der Waals surface area contributed by atoms with Crippen molar-refractivity contribution in [3.8, 4) is 0 Å². The maximum Gasteiger partial charge on any atom is 0.186 e. The Morgan fingerprint density at radius 2 is 1.68 bits per heavy atom. The third-order valence-electron chi connectivity index (χ3n) is 3.64. The van der Waals surface area contributed by atoms with Gasteiger partial charge in [0.05, 0.1) is 0 Å². The molecule has 19 heavy (non-hydrogen) atoms. The molecule has 1 aromatic carbocycles. The lowest BCUT2D eigenvalue weighted by Gasteiger charge is -2.42. The average Bonchev–Trinajstić information content (AvgIpc) is 2.38. The van der Waals surface area contributed by atoms with Crippen LogP contribution in [0.3, 0.4) is 0 Å². The summed E-state index contributed by atoms with van der Waals surface area (Å²) >= 11 is 7.35. The standard InChI is InChI=1S/C15H21BrOS2/c1-14(2,3)12-9-18-15(17-4,19-10-12)11-5-7-13(16)8-6-11/h5-8,12H,9-10H2,1-4H3. The molecule has 0 bridgehead atoms. The molecule has 1 aliphatic heterocycles. The molecule has 106 valence electrons. The van der Waals surface area contributed by atoms with Crippen LogP contribution in [-0.2, 0) is 9.00 Å². The minimum Gasteiger partial charge on any atom is -0.354 e. The molecular weight excluding hydrogens is 340 g/mol. The average molecular weight is 361 g/mol. The summed E-state index contributed by atoms with van der Waals surface area (Å²) in [5.74, 6) is 3.04. The first kappa shape index (κ1) is 15.7. The van der Waals surface area contributed by atoms with Gasteiger partial charge in [-0.2, -0.15) is 0 Å². The van der Waals surface area contributed by atoms with Gasteiger partial charge in [-0.1, -0.05) is 48.8 Å². The Bertz CT molecular complexity index is 417. The van der Waals surface area contributed by atoms with E-state index in [9.17, 15) is 0 Å². The number of rotatable bonds is 2. The molecule has 0 atom stereocenters. The first-order valence-corrected chi connectivity index (χ1v) is 9.23. The van der Waals surface area contributed by atoms with Gasteiger partial charge in [0.15, 0.2) is 4.27 Å². The van der Waals surface area contributed by atoms with E-state index in [0.717, 1.165) is 21.9 Å². The summed E-state index contributed by atoms with van der Waals surface area (Å²) < 4.78 is 6.75. The van der Waals surface area contributed by atoms with Crippen LogP contribution in [0, 0.1) is 11.3 Å². The predicted molar refractivity (Wildman–Crippen MR) is 90.7 cm³/mol. The van der Waals surface area contributed by atoms with Gasteiger partial charge in [-0.05, 0) is 23.5 Å². The molecule has 0 aromatic heterocycles. The normalized spacial score (nSPS) is 28.4. The Labute approximate surface area is 133 Å². The highest BCUT2D eigenvalue weighted by atomic mass is 79.9. The van der Waals surface area contributed by atoms with E-state index >= 15 is 0 Å². The molecule has 1 aliphatic rings. The second kappa shape index (κ2) is 6.00. The van der Waals surface area contributed by atoms with Crippen LogP contribution in [0.4, 0.5) is 0 Å². The summed E-state index contributed by atoms with van der Waals surface area (Å²) in [4.78, 5) is 0. The van der Waals surface area contributed by atoms with Crippen molar-refractivity contribution in [1.82, 2.24) is 0 Å². The monoisotopic (exact) mass is 360 g/mol. The fourth-order valence-corrected chi connectivity index (χ4v) is 6.14. The van der Waals surface area contributed by atoms with E-state index in [1.54, 1.807) is 0 Å². The molecule has 1 aromatic rings. The number of benzene rings is 1. The summed E-state index contributed by atoms with van der Waals surface area (Å²) in [6, 6.07) is 8.50. The summed E-state index contributed by atoms with van der Waals surface area (Å²) in [6.45, 7) is 6.99. The third kappa shape index (κ3) is 3.52. The van der Waals surface area contributed by atoms with E-state index in [1.165, 1.54) is 5.56 Å². The lowest BCUT2D eigenvalue weighted by Crippen LogP contribution is -2.35. The van der Waals surface area contributed by atoms with Crippen LogP contribution >= 0.6 is 39.5 Å². The quantitative estimate of drug-likeness (QED) is 0.703. The Hall–Kier alpha value is 0.360. The maximum atomic E-state index is 5.88. The second-order valence-electron chi connectivity index (χ2n) is 5.95. The third-order valence-corrected chi connectivity index (χ3v) is 7.58. The molecule has 4 heteroatoms. The fourth-order valence-electron chi connectivity index (χ4n) is 2.07. The molecule has 0 amide bonds. The second-order valence-corrected chi connectivity index (χ2v) is 9.52. The van der Waals surface area contributed by atoms with Crippen molar-refractivity contribution in [3.63, 3.8) is 0 Å². The van der Waals surface area contributed by atoms with E-state index < -0.39 is 0 Å². The Kier molecular flexibility index (Phi) is 4.97. The van der Waals surface area contributed by atoms with Crippen molar-refractivity contribution in [2.24, 2.45) is 11.3 Å². The number of thioether (sulfide) groups is 2. The molecule has 1 nitrogen and oxygen atoms in total. The van der Waals surface area contributed by atoms with Crippen molar-refractivity contribution < 1.29 is 4.74 Å². The molecule has 0 spiro atoms. The summed E-state index contributed by atoms with van der Waals surface area (Å²) in [7, 11) is 1.82. The lowest BCUT2D eigenvalue weighted by atomic mass is 9.83. The van der Waals surface area contributed by atoms with Crippen LogP contribution in [0.1, 0.15) is 26.3 Å². The Balaban J connectivity index is 2.16. The largest absolute Gasteiger partial charge is 0.354 e. The molecule has 0 saturated carbocycles. The first-order valence-electron chi connectivity index (χ1n) is 6.46. The van der Waals surface area contributed by atoms with Gasteiger partial charge in [0, 0.05) is 28.7 Å². The van der Waals surface area contributed by atoms with Crippen molar-refractivity contribution in [2.75, 3.05) is 18.6 Å². The predicted octanol–water partition coefficient (Wildman–Crippen LogP) is 5.35. The SMILES string of the molecule is COC1(c2ccc(Br)cc2)SCC(C(C)(C)C)CS1. The van der Waals surface area contributed by atoms with Gasteiger partial charge in [0.25, 0.3) is 0 Å². The van der Waals surface area contributed by atoms with Gasteiger partial charge in [-0.25, -0.2) is 0 Å². The molecule has 1 saturated heterocycles. The van der Waals surface area contributed by atoms with Crippen LogP contribution < -0.4 is 0 Å². The van der Waals surface area contributed by atoms with Crippen molar-refractivity contribution in [3.05, 3.63) is 34.3 Å². The molecule has 0 radical (unpaired) electrons. The van der Waals surface area contributed by atoms with Crippen molar-refractivity contribution in [1.29, 1.82) is 0 Å². The lowest BCUT2D eigenvalue weighted by molar-refractivity contribution is 0.142. The molecule has 0 N–H and O–H groups in total. The number of methoxy groups -OCH3 is 1. The number of hydrogen-bond acceptors (Lipinski definition) is 3. The van der Waals surface area contributed by atoms with Crippen LogP contribution in [-0.4, -0.2) is 18.6 Å². The van der Waals surface area contributed by atoms with Crippen LogP contribution in [0.25, 0.3) is 0 Å². The summed E-state index contributed by atoms with van der Waals surface area (Å²) in [6.07, 6.45) is 0. The highest BCUT2D eigenvalue weighted by Gasteiger charge is 2.41. The van der Waals surface area contributed by atoms with Crippen molar-refractivity contribution >= 4 is 39.5 Å². The smallest absolute Gasteiger partial charge is 0.186 e. The molecule has 0 aliphatic carbocycles. The summed E-state index contributed by atoms with van der Waals surface area (Å²) in [5, 5.41) is 0. The van der Waals surface area contributed by atoms with Gasteiger partial charge in [-0.15, -0.1) is 23.5 Å². The van der Waals surface area contributed by atoms with Gasteiger partial charge in [0.2, 0.25) is 0 Å². The zero-order valence-corrected chi connectivity index (χ0v) is 15.1. The van der Waals surface area contributed by atoms with Gasteiger partial charge < -0.3 is 4.74 Å². The zero-order valence-electron chi connectivity index (χ0n) is 11.9. The van der Waals surface area contributed by atoms with Gasteiger partial charge in [0.1, 0.15) is 0 Å². The van der Waals surface area contributed by atoms with Gasteiger partial charge in [-0.3, -0.25) is 0 Å². The van der Waals surface area contributed by atoms with E-state index in [2.05, 4.69) is 61.0 Å². The highest BCUT2D eigenvalue weighted by Crippen LogP contribution is 2.54. The minimum atomic E-state index is -0.234. The minimum absolute atomic E-state index is 0.234. The van der Waals surface area contributed by atoms with E-state index in [-0.39, 0.29) is 4.27 Å². The van der Waals surface area contributed by atoms with Crippen LogP contribution in [0.5, 0.6) is 0 Å². The molecular formula is C15H21BrOS2. The zero-order chi connectivity index (χ0) is 14.1. The van der Waals surface area contributed by atoms with Crippen molar-refractivity contribution in [2.45, 2.75) is 25.0 Å². The Morgan fingerprint density at radius 3 is 2.11 bits per heavy atom. The molecule has 1 fully saturated rings. The fraction of sp³-hybridized carbons (Fsp3) is 0.600. The highest BCUT2D eigenvalue weighted by molar-refractivity contribution is 9.10. The number of ether oxygens (including phenoxy) is 1. The Morgan fingerprint density at radius 1 is 1.16 bits per heavy atom. The molecule has 0 unspecified atom stereocenters. The summed E-state index contributed by atoms with van der Waals surface area (Å²) in [5.41, 5.74) is 1.63. The molecule has 2 rings (SSSR count). The topological polar surface area (TPSA) is 9.23 Å². The van der Waals surface area contributed by atoms with Crippen LogP contribution in [0.2, 0.25) is 0 Å². The number of hydrogen-bond donors (Lipinski definition) is 0.